The Bertz CT molecular complexity index is 70.6. The van der Waals surface area contributed by atoms with Crippen molar-refractivity contribution in [3.8, 4) is 0 Å². The van der Waals surface area contributed by atoms with Crippen molar-refractivity contribution in [2.45, 2.75) is 39.2 Å². The van der Waals surface area contributed by atoms with Crippen molar-refractivity contribution in [2.75, 3.05) is 6.54 Å². The van der Waals surface area contributed by atoms with Crippen molar-refractivity contribution in [2.24, 2.45) is 5.92 Å². The fraction of sp³-hybridized carbons (Fsp3) is 1.00. The minimum Gasteiger partial charge on any atom is -0.314 e. The van der Waals surface area contributed by atoms with Crippen LogP contribution in [0.25, 0.3) is 0 Å². The van der Waals surface area contributed by atoms with E-state index < -0.39 is 0 Å². The number of hydrogen-bond donors (Lipinski definition) is 1. The van der Waals surface area contributed by atoms with E-state index in [1.807, 2.05) is 0 Å². The lowest BCUT2D eigenvalue weighted by atomic mass is 9.96. The highest BCUT2D eigenvalue weighted by atomic mass is 14.9. The Morgan fingerprint density at radius 2 is 2.11 bits per heavy atom. The van der Waals surface area contributed by atoms with E-state index in [9.17, 15) is 0 Å². The highest BCUT2D eigenvalue weighted by Gasteiger charge is 2.22. The van der Waals surface area contributed by atoms with Crippen molar-refractivity contribution in [3.63, 3.8) is 0 Å². The summed E-state index contributed by atoms with van der Waals surface area (Å²) in [6.45, 7) is 5.81. The van der Waals surface area contributed by atoms with Gasteiger partial charge in [-0.15, -0.1) is 0 Å². The Morgan fingerprint density at radius 1 is 1.33 bits per heavy atom. The average molecular weight is 127 g/mol. The lowest BCUT2D eigenvalue weighted by Gasteiger charge is -2.14. The minimum absolute atomic E-state index is 0.829. The maximum absolute atomic E-state index is 3.51. The topological polar surface area (TPSA) is 12.0 Å². The van der Waals surface area contributed by atoms with Gasteiger partial charge in [0.05, 0.1) is 0 Å². The summed E-state index contributed by atoms with van der Waals surface area (Å²) >= 11 is 0. The van der Waals surface area contributed by atoms with E-state index in [2.05, 4.69) is 19.2 Å². The molecule has 1 saturated heterocycles. The molecule has 9 heavy (non-hydrogen) atoms. The maximum Gasteiger partial charge on any atom is 0.00930 e. The van der Waals surface area contributed by atoms with Gasteiger partial charge in [0.1, 0.15) is 0 Å². The second kappa shape index (κ2) is 3.21. The fourth-order valence-electron chi connectivity index (χ4n) is 1.79. The molecule has 0 aromatic rings. The van der Waals surface area contributed by atoms with Crippen LogP contribution >= 0.6 is 0 Å². The zero-order chi connectivity index (χ0) is 6.69. The van der Waals surface area contributed by atoms with Crippen molar-refractivity contribution < 1.29 is 0 Å². The molecule has 0 bridgehead atoms. The van der Waals surface area contributed by atoms with Crippen molar-refractivity contribution in [3.05, 3.63) is 0 Å². The molecule has 1 fully saturated rings. The lowest BCUT2D eigenvalue weighted by molar-refractivity contribution is 0.425. The van der Waals surface area contributed by atoms with Crippen molar-refractivity contribution >= 4 is 0 Å². The summed E-state index contributed by atoms with van der Waals surface area (Å²) in [7, 11) is 0. The van der Waals surface area contributed by atoms with Gasteiger partial charge in [0, 0.05) is 6.04 Å². The zero-order valence-corrected chi connectivity index (χ0v) is 6.48. The molecule has 0 aromatic heterocycles. The van der Waals surface area contributed by atoms with Crippen LogP contribution in [0, 0.1) is 5.92 Å². The largest absolute Gasteiger partial charge is 0.314 e. The summed E-state index contributed by atoms with van der Waals surface area (Å²) in [4.78, 5) is 0. The first kappa shape index (κ1) is 7.07. The minimum atomic E-state index is 0.829. The predicted molar refractivity (Wildman–Crippen MR) is 40.5 cm³/mol. The molecule has 1 rings (SSSR count). The van der Waals surface area contributed by atoms with Crippen LogP contribution in [0.2, 0.25) is 0 Å². The van der Waals surface area contributed by atoms with Gasteiger partial charge < -0.3 is 5.32 Å². The van der Waals surface area contributed by atoms with E-state index in [0.29, 0.717) is 0 Å². The SMILES string of the molecule is CC[C@H]1CCN[C@H]1CC. The normalized spacial score (nSPS) is 35.3. The summed E-state index contributed by atoms with van der Waals surface area (Å²) in [5, 5.41) is 3.51. The molecule has 1 heteroatoms. The summed E-state index contributed by atoms with van der Waals surface area (Å²) in [6, 6.07) is 0.829. The van der Waals surface area contributed by atoms with E-state index >= 15 is 0 Å². The second-order valence-corrected chi connectivity index (χ2v) is 2.93. The summed E-state index contributed by atoms with van der Waals surface area (Å²) in [5.41, 5.74) is 0. The van der Waals surface area contributed by atoms with E-state index in [0.717, 1.165) is 12.0 Å². The first-order chi connectivity index (χ1) is 4.38. The molecule has 0 amide bonds. The smallest absolute Gasteiger partial charge is 0.00930 e. The fourth-order valence-corrected chi connectivity index (χ4v) is 1.79. The molecule has 1 aliphatic rings. The van der Waals surface area contributed by atoms with Crippen molar-refractivity contribution in [1.82, 2.24) is 5.32 Å². The molecular formula is C8H17N. The third-order valence-corrected chi connectivity index (χ3v) is 2.45. The highest BCUT2D eigenvalue weighted by Crippen LogP contribution is 2.20. The van der Waals surface area contributed by atoms with Gasteiger partial charge in [0.25, 0.3) is 0 Å². The van der Waals surface area contributed by atoms with Crippen LogP contribution in [0.5, 0.6) is 0 Å². The number of rotatable bonds is 2. The molecular weight excluding hydrogens is 110 g/mol. The molecule has 1 heterocycles. The van der Waals surface area contributed by atoms with E-state index in [-0.39, 0.29) is 0 Å². The molecule has 0 spiro atoms. The van der Waals surface area contributed by atoms with Gasteiger partial charge >= 0.3 is 0 Å². The molecule has 0 aliphatic carbocycles. The summed E-state index contributed by atoms with van der Waals surface area (Å²) < 4.78 is 0. The second-order valence-electron chi connectivity index (χ2n) is 2.93. The van der Waals surface area contributed by atoms with Gasteiger partial charge in [-0.05, 0) is 25.3 Å². The Hall–Kier alpha value is -0.0400. The first-order valence-corrected chi connectivity index (χ1v) is 4.11. The maximum atomic E-state index is 3.51. The Morgan fingerprint density at radius 3 is 2.56 bits per heavy atom. The van der Waals surface area contributed by atoms with Crippen LogP contribution in [0.15, 0.2) is 0 Å². The van der Waals surface area contributed by atoms with Crippen molar-refractivity contribution in [1.29, 1.82) is 0 Å². The van der Waals surface area contributed by atoms with E-state index in [4.69, 9.17) is 0 Å². The molecule has 1 nitrogen and oxygen atoms in total. The van der Waals surface area contributed by atoms with Crippen LogP contribution < -0.4 is 5.32 Å². The molecule has 1 N–H and O–H groups in total. The van der Waals surface area contributed by atoms with Crippen LogP contribution in [-0.4, -0.2) is 12.6 Å². The Labute approximate surface area is 57.8 Å². The number of nitrogens with one attached hydrogen (secondary N) is 1. The zero-order valence-electron chi connectivity index (χ0n) is 6.48. The Balaban J connectivity index is 2.32. The highest BCUT2D eigenvalue weighted by molar-refractivity contribution is 4.81. The summed E-state index contributed by atoms with van der Waals surface area (Å²) in [6.07, 6.45) is 4.05. The third kappa shape index (κ3) is 1.45. The third-order valence-electron chi connectivity index (χ3n) is 2.45. The molecule has 0 radical (unpaired) electrons. The van der Waals surface area contributed by atoms with Crippen LogP contribution in [-0.2, 0) is 0 Å². The molecule has 2 atom stereocenters. The Kier molecular flexibility index (Phi) is 2.52. The molecule has 1 aliphatic heterocycles. The quantitative estimate of drug-likeness (QED) is 0.596. The average Bonchev–Trinajstić information content (AvgIpc) is 2.33. The van der Waals surface area contributed by atoms with Gasteiger partial charge in [0.2, 0.25) is 0 Å². The monoisotopic (exact) mass is 127 g/mol. The van der Waals surface area contributed by atoms with Gasteiger partial charge in [-0.1, -0.05) is 20.3 Å². The molecule has 0 saturated carbocycles. The standard InChI is InChI=1S/C8H17N/c1-3-7-5-6-9-8(7)4-2/h7-9H,3-6H2,1-2H3/t7-,8-/m0/s1. The van der Waals surface area contributed by atoms with E-state index in [1.54, 1.807) is 0 Å². The van der Waals surface area contributed by atoms with Gasteiger partial charge in [-0.25, -0.2) is 0 Å². The summed E-state index contributed by atoms with van der Waals surface area (Å²) in [5.74, 6) is 0.968. The van der Waals surface area contributed by atoms with Gasteiger partial charge in [0.15, 0.2) is 0 Å². The van der Waals surface area contributed by atoms with Gasteiger partial charge in [-0.2, -0.15) is 0 Å². The number of hydrogen-bond acceptors (Lipinski definition) is 1. The lowest BCUT2D eigenvalue weighted by Crippen LogP contribution is -2.25. The molecule has 0 unspecified atom stereocenters. The first-order valence-electron chi connectivity index (χ1n) is 4.11. The van der Waals surface area contributed by atoms with Crippen LogP contribution in [0.4, 0.5) is 0 Å². The van der Waals surface area contributed by atoms with Crippen LogP contribution in [0.3, 0.4) is 0 Å². The molecule has 54 valence electrons. The predicted octanol–water partition coefficient (Wildman–Crippen LogP) is 1.78. The van der Waals surface area contributed by atoms with E-state index in [1.165, 1.54) is 25.8 Å². The van der Waals surface area contributed by atoms with Gasteiger partial charge in [-0.3, -0.25) is 0 Å². The molecule has 0 aromatic carbocycles. The van der Waals surface area contributed by atoms with Crippen LogP contribution in [0.1, 0.15) is 33.1 Å².